The number of rotatable bonds is 5. The summed E-state index contributed by atoms with van der Waals surface area (Å²) in [5.41, 5.74) is -0.351. The molecule has 1 atom stereocenters. The van der Waals surface area contributed by atoms with Crippen molar-refractivity contribution >= 4 is 6.01 Å². The Labute approximate surface area is 119 Å². The average Bonchev–Trinajstić information content (AvgIpc) is 2.83. The van der Waals surface area contributed by atoms with E-state index in [9.17, 15) is 5.11 Å². The van der Waals surface area contributed by atoms with Gasteiger partial charge in [0.05, 0.1) is 37.9 Å². The highest BCUT2D eigenvalue weighted by Gasteiger charge is 2.35. The van der Waals surface area contributed by atoms with Crippen LogP contribution < -0.4 is 10.2 Å². The van der Waals surface area contributed by atoms with Gasteiger partial charge >= 0.3 is 6.01 Å². The summed E-state index contributed by atoms with van der Waals surface area (Å²) in [4.78, 5) is 1.97. The number of anilines is 1. The van der Waals surface area contributed by atoms with E-state index in [0.717, 1.165) is 0 Å². The van der Waals surface area contributed by atoms with E-state index in [1.165, 1.54) is 0 Å². The highest BCUT2D eigenvalue weighted by molar-refractivity contribution is 5.27. The van der Waals surface area contributed by atoms with Crippen LogP contribution in [0, 0.1) is 0 Å². The molecular weight excluding hydrogens is 260 g/mol. The maximum absolute atomic E-state index is 9.31. The van der Waals surface area contributed by atoms with E-state index in [4.69, 9.17) is 9.15 Å². The number of aliphatic hydroxyl groups excluding tert-OH is 1. The smallest absolute Gasteiger partial charge is 0.318 e. The van der Waals surface area contributed by atoms with Crippen molar-refractivity contribution in [2.45, 2.75) is 52.0 Å². The van der Waals surface area contributed by atoms with Crippen LogP contribution in [0.1, 0.15) is 33.6 Å². The second-order valence-corrected chi connectivity index (χ2v) is 6.08. The number of nitrogens with one attached hydrogen (secondary N) is 1. The minimum Gasteiger partial charge on any atom is -0.407 e. The van der Waals surface area contributed by atoms with Crippen LogP contribution in [-0.2, 0) is 11.3 Å². The van der Waals surface area contributed by atoms with Gasteiger partial charge in [-0.2, -0.15) is 0 Å². The quantitative estimate of drug-likeness (QED) is 0.816. The van der Waals surface area contributed by atoms with Gasteiger partial charge in [0.1, 0.15) is 0 Å². The summed E-state index contributed by atoms with van der Waals surface area (Å²) in [5, 5.41) is 20.7. The lowest BCUT2D eigenvalue weighted by atomic mass is 10.1. The van der Waals surface area contributed by atoms with Gasteiger partial charge in [-0.15, -0.1) is 5.10 Å². The molecule has 1 aromatic rings. The summed E-state index contributed by atoms with van der Waals surface area (Å²) in [7, 11) is 0. The highest BCUT2D eigenvalue weighted by atomic mass is 16.5. The van der Waals surface area contributed by atoms with Gasteiger partial charge in [-0.1, -0.05) is 18.9 Å². The summed E-state index contributed by atoms with van der Waals surface area (Å²) in [6.45, 7) is 9.85. The molecule has 0 aliphatic carbocycles. The van der Waals surface area contributed by atoms with E-state index >= 15 is 0 Å². The fourth-order valence-corrected chi connectivity index (χ4v) is 2.27. The molecule has 0 aromatic carbocycles. The molecule has 1 fully saturated rings. The monoisotopic (exact) mass is 284 g/mol. The second-order valence-electron chi connectivity index (χ2n) is 6.08. The highest BCUT2D eigenvalue weighted by Crippen LogP contribution is 2.25. The molecule has 0 bridgehead atoms. The first kappa shape index (κ1) is 15.2. The molecule has 1 aliphatic rings. The Bertz CT molecular complexity index is 433. The molecule has 1 saturated heterocycles. The number of hydrogen-bond donors (Lipinski definition) is 2. The molecular formula is C13H24N4O3. The van der Waals surface area contributed by atoms with Crippen molar-refractivity contribution in [3.8, 4) is 0 Å². The number of nitrogens with zero attached hydrogens (tertiary/aromatic N) is 3. The van der Waals surface area contributed by atoms with E-state index in [2.05, 4.69) is 29.4 Å². The number of morpholine rings is 1. The SMILES string of the molecule is CC(C)NCc1nnc(N2CC(CO)OC(C)(C)C2)o1. The Balaban J connectivity index is 2.03. The number of hydrogen-bond acceptors (Lipinski definition) is 7. The van der Waals surface area contributed by atoms with Crippen molar-refractivity contribution < 1.29 is 14.3 Å². The van der Waals surface area contributed by atoms with Gasteiger partial charge in [-0.05, 0) is 13.8 Å². The third-order valence-electron chi connectivity index (χ3n) is 3.07. The lowest BCUT2D eigenvalue weighted by Crippen LogP contribution is -2.54. The Kier molecular flexibility index (Phi) is 4.62. The van der Waals surface area contributed by atoms with E-state index < -0.39 is 0 Å². The second kappa shape index (κ2) is 6.07. The summed E-state index contributed by atoms with van der Waals surface area (Å²) in [6, 6.07) is 0.854. The van der Waals surface area contributed by atoms with Crippen LogP contribution in [0.5, 0.6) is 0 Å². The number of aromatic nitrogens is 2. The molecule has 114 valence electrons. The third kappa shape index (κ3) is 3.91. The minimum absolute atomic E-state index is 0.0180. The van der Waals surface area contributed by atoms with Crippen molar-refractivity contribution in [3.05, 3.63) is 5.89 Å². The zero-order valence-electron chi connectivity index (χ0n) is 12.6. The first-order chi connectivity index (χ1) is 9.39. The fourth-order valence-electron chi connectivity index (χ4n) is 2.27. The maximum Gasteiger partial charge on any atom is 0.318 e. The summed E-state index contributed by atoms with van der Waals surface area (Å²) in [6.07, 6.45) is -0.233. The predicted octanol–water partition coefficient (Wildman–Crippen LogP) is 0.544. The predicted molar refractivity (Wildman–Crippen MR) is 74.5 cm³/mol. The van der Waals surface area contributed by atoms with Crippen LogP contribution in [0.4, 0.5) is 6.01 Å². The Morgan fingerprint density at radius 1 is 1.45 bits per heavy atom. The molecule has 20 heavy (non-hydrogen) atoms. The Morgan fingerprint density at radius 2 is 2.20 bits per heavy atom. The fraction of sp³-hybridized carbons (Fsp3) is 0.846. The molecule has 7 nitrogen and oxygen atoms in total. The molecule has 1 aliphatic heterocycles. The molecule has 0 amide bonds. The van der Waals surface area contributed by atoms with Gasteiger partial charge in [0, 0.05) is 6.04 Å². The summed E-state index contributed by atoms with van der Waals surface area (Å²) < 4.78 is 11.4. The third-order valence-corrected chi connectivity index (χ3v) is 3.07. The van der Waals surface area contributed by atoms with Crippen LogP contribution in [-0.4, -0.2) is 52.7 Å². The molecule has 1 unspecified atom stereocenters. The van der Waals surface area contributed by atoms with Gasteiger partial charge in [-0.25, -0.2) is 0 Å². The van der Waals surface area contributed by atoms with Crippen LogP contribution in [0.25, 0.3) is 0 Å². The summed E-state index contributed by atoms with van der Waals surface area (Å²) >= 11 is 0. The van der Waals surface area contributed by atoms with Crippen molar-refractivity contribution in [2.24, 2.45) is 0 Å². The Hall–Kier alpha value is -1.18. The number of ether oxygens (including phenoxy) is 1. The van der Waals surface area contributed by atoms with E-state index in [1.54, 1.807) is 0 Å². The standard InChI is InChI=1S/C13H24N4O3/c1-9(2)14-5-11-15-16-12(19-11)17-6-10(7-18)20-13(3,4)8-17/h9-10,14,18H,5-8H2,1-4H3. The van der Waals surface area contributed by atoms with Gasteiger partial charge in [0.2, 0.25) is 5.89 Å². The molecule has 0 saturated carbocycles. The first-order valence-corrected chi connectivity index (χ1v) is 6.99. The van der Waals surface area contributed by atoms with Crippen molar-refractivity contribution in [2.75, 3.05) is 24.6 Å². The summed E-state index contributed by atoms with van der Waals surface area (Å²) in [5.74, 6) is 0.568. The molecule has 0 radical (unpaired) electrons. The van der Waals surface area contributed by atoms with Gasteiger partial charge < -0.3 is 24.5 Å². The van der Waals surface area contributed by atoms with Gasteiger partial charge in [-0.3, -0.25) is 0 Å². The average molecular weight is 284 g/mol. The van der Waals surface area contributed by atoms with Crippen molar-refractivity contribution in [1.82, 2.24) is 15.5 Å². The largest absolute Gasteiger partial charge is 0.407 e. The van der Waals surface area contributed by atoms with Gasteiger partial charge in [0.15, 0.2) is 0 Å². The van der Waals surface area contributed by atoms with Gasteiger partial charge in [0.25, 0.3) is 0 Å². The maximum atomic E-state index is 9.31. The normalized spacial score (nSPS) is 22.5. The van der Waals surface area contributed by atoms with Crippen LogP contribution in [0.3, 0.4) is 0 Å². The zero-order valence-corrected chi connectivity index (χ0v) is 12.6. The molecule has 1 aromatic heterocycles. The van der Waals surface area contributed by atoms with E-state index in [1.807, 2.05) is 18.7 Å². The van der Waals surface area contributed by atoms with Crippen LogP contribution in [0.15, 0.2) is 4.42 Å². The lowest BCUT2D eigenvalue weighted by Gasteiger charge is -2.41. The topological polar surface area (TPSA) is 83.7 Å². The minimum atomic E-state index is -0.351. The molecule has 7 heteroatoms. The molecule has 2 N–H and O–H groups in total. The Morgan fingerprint density at radius 3 is 2.85 bits per heavy atom. The van der Waals surface area contributed by atoms with Crippen LogP contribution >= 0.6 is 0 Å². The van der Waals surface area contributed by atoms with E-state index in [0.29, 0.717) is 37.6 Å². The molecule has 0 spiro atoms. The first-order valence-electron chi connectivity index (χ1n) is 6.99. The van der Waals surface area contributed by atoms with E-state index in [-0.39, 0.29) is 18.3 Å². The zero-order chi connectivity index (χ0) is 14.8. The van der Waals surface area contributed by atoms with Crippen molar-refractivity contribution in [1.29, 1.82) is 0 Å². The lowest BCUT2D eigenvalue weighted by molar-refractivity contribution is -0.102. The van der Waals surface area contributed by atoms with Crippen LogP contribution in [0.2, 0.25) is 0 Å². The van der Waals surface area contributed by atoms with Crippen molar-refractivity contribution in [3.63, 3.8) is 0 Å². The molecule has 2 heterocycles. The number of aliphatic hydroxyl groups is 1. The molecule has 2 rings (SSSR count).